The van der Waals surface area contributed by atoms with Crippen LogP contribution < -0.4 is 5.32 Å². The van der Waals surface area contributed by atoms with Crippen LogP contribution in [0.1, 0.15) is 32.1 Å². The number of fused-ring (bicyclic) bond motifs is 1. The zero-order valence-corrected chi connectivity index (χ0v) is 14.9. The number of anilines is 1. The second-order valence-corrected chi connectivity index (χ2v) is 7.33. The van der Waals surface area contributed by atoms with E-state index in [4.69, 9.17) is 4.98 Å². The number of imidazole rings is 1. The van der Waals surface area contributed by atoms with Crippen molar-refractivity contribution in [1.82, 2.24) is 9.38 Å². The summed E-state index contributed by atoms with van der Waals surface area (Å²) >= 11 is 1.77. The Bertz CT molecular complexity index is 817. The summed E-state index contributed by atoms with van der Waals surface area (Å²) in [4.78, 5) is 6.18. The number of aromatic nitrogens is 2. The molecule has 0 saturated heterocycles. The Labute approximate surface area is 147 Å². The molecule has 1 aromatic carbocycles. The minimum Gasteiger partial charge on any atom is -0.367 e. The van der Waals surface area contributed by atoms with E-state index in [0.717, 1.165) is 17.2 Å². The van der Waals surface area contributed by atoms with Gasteiger partial charge in [-0.05, 0) is 43.4 Å². The van der Waals surface area contributed by atoms with Gasteiger partial charge < -0.3 is 5.32 Å². The Morgan fingerprint density at radius 2 is 1.83 bits per heavy atom. The standard InChI is InChI=1S/C20H23N3S/c1-24-17-12-10-15(11-13-17)19-20(21-16-7-3-2-4-8-16)23-14-6-5-9-18(23)22-19/h5-6,9-14,16,21H,2-4,7-8H2,1H3. The van der Waals surface area contributed by atoms with E-state index in [0.29, 0.717) is 6.04 Å². The summed E-state index contributed by atoms with van der Waals surface area (Å²) in [5.74, 6) is 1.13. The van der Waals surface area contributed by atoms with Crippen molar-refractivity contribution >= 4 is 23.2 Å². The van der Waals surface area contributed by atoms with Crippen LogP contribution >= 0.6 is 11.8 Å². The molecule has 0 radical (unpaired) electrons. The summed E-state index contributed by atoms with van der Waals surface area (Å²) in [6, 6.07) is 15.5. The number of nitrogens with one attached hydrogen (secondary N) is 1. The van der Waals surface area contributed by atoms with Gasteiger partial charge in [-0.2, -0.15) is 0 Å². The molecule has 1 aliphatic carbocycles. The van der Waals surface area contributed by atoms with Gasteiger partial charge in [0.25, 0.3) is 0 Å². The molecular formula is C20H23N3S. The Hall–Kier alpha value is -1.94. The molecule has 0 amide bonds. The van der Waals surface area contributed by atoms with Crippen LogP contribution in [0, 0.1) is 0 Å². The lowest BCUT2D eigenvalue weighted by Gasteiger charge is -2.24. The van der Waals surface area contributed by atoms with Crippen molar-refractivity contribution in [3.63, 3.8) is 0 Å². The molecule has 2 heterocycles. The molecule has 1 saturated carbocycles. The van der Waals surface area contributed by atoms with Gasteiger partial charge in [-0.25, -0.2) is 4.98 Å². The van der Waals surface area contributed by atoms with Crippen LogP contribution in [-0.2, 0) is 0 Å². The lowest BCUT2D eigenvalue weighted by molar-refractivity contribution is 0.462. The molecule has 24 heavy (non-hydrogen) atoms. The fourth-order valence-corrected chi connectivity index (χ4v) is 3.93. The fraction of sp³-hybridized carbons (Fsp3) is 0.350. The molecule has 0 atom stereocenters. The van der Waals surface area contributed by atoms with Gasteiger partial charge >= 0.3 is 0 Å². The molecule has 0 unspecified atom stereocenters. The first-order chi connectivity index (χ1) is 11.8. The van der Waals surface area contributed by atoms with E-state index in [-0.39, 0.29) is 0 Å². The predicted octanol–water partition coefficient (Wildman–Crippen LogP) is 5.47. The predicted molar refractivity (Wildman–Crippen MR) is 103 cm³/mol. The Balaban J connectivity index is 1.76. The zero-order chi connectivity index (χ0) is 16.4. The molecule has 0 aliphatic heterocycles. The van der Waals surface area contributed by atoms with Gasteiger partial charge in [0, 0.05) is 22.7 Å². The molecule has 1 N–H and O–H groups in total. The SMILES string of the molecule is CSc1ccc(-c2nc3ccccn3c2NC2CCCCC2)cc1. The number of benzene rings is 1. The zero-order valence-electron chi connectivity index (χ0n) is 14.0. The maximum absolute atomic E-state index is 4.90. The summed E-state index contributed by atoms with van der Waals surface area (Å²) in [7, 11) is 0. The monoisotopic (exact) mass is 337 g/mol. The quantitative estimate of drug-likeness (QED) is 0.640. The average molecular weight is 337 g/mol. The number of nitrogens with zero attached hydrogens (tertiary/aromatic N) is 2. The highest BCUT2D eigenvalue weighted by Gasteiger charge is 2.19. The summed E-state index contributed by atoms with van der Waals surface area (Å²) < 4.78 is 2.19. The van der Waals surface area contributed by atoms with Gasteiger partial charge in [0.05, 0.1) is 0 Å². The third-order valence-electron chi connectivity index (χ3n) is 4.84. The van der Waals surface area contributed by atoms with Crippen LogP contribution in [-0.4, -0.2) is 21.7 Å². The molecule has 4 heteroatoms. The van der Waals surface area contributed by atoms with Gasteiger partial charge in [0.15, 0.2) is 0 Å². The van der Waals surface area contributed by atoms with Crippen molar-refractivity contribution in [3.8, 4) is 11.3 Å². The van der Waals surface area contributed by atoms with Crippen molar-refractivity contribution in [2.24, 2.45) is 0 Å². The smallest absolute Gasteiger partial charge is 0.139 e. The van der Waals surface area contributed by atoms with E-state index in [9.17, 15) is 0 Å². The summed E-state index contributed by atoms with van der Waals surface area (Å²) in [6.07, 6.45) is 10.7. The highest BCUT2D eigenvalue weighted by Crippen LogP contribution is 2.32. The lowest BCUT2D eigenvalue weighted by atomic mass is 9.95. The second kappa shape index (κ2) is 6.89. The molecule has 0 spiro atoms. The molecular weight excluding hydrogens is 314 g/mol. The molecule has 3 aromatic rings. The van der Waals surface area contributed by atoms with Crippen LogP contribution in [0.25, 0.3) is 16.9 Å². The van der Waals surface area contributed by atoms with Crippen LogP contribution in [0.15, 0.2) is 53.6 Å². The first-order valence-electron chi connectivity index (χ1n) is 8.73. The van der Waals surface area contributed by atoms with E-state index in [1.165, 1.54) is 42.6 Å². The Kier molecular flexibility index (Phi) is 4.48. The van der Waals surface area contributed by atoms with E-state index in [1.54, 1.807) is 11.8 Å². The van der Waals surface area contributed by atoms with Gasteiger partial charge in [-0.3, -0.25) is 4.40 Å². The largest absolute Gasteiger partial charge is 0.367 e. The molecule has 0 bridgehead atoms. The van der Waals surface area contributed by atoms with Crippen molar-refractivity contribution in [1.29, 1.82) is 0 Å². The van der Waals surface area contributed by atoms with E-state index in [2.05, 4.69) is 58.6 Å². The molecule has 2 aromatic heterocycles. The highest BCUT2D eigenvalue weighted by atomic mass is 32.2. The van der Waals surface area contributed by atoms with Crippen molar-refractivity contribution in [2.75, 3.05) is 11.6 Å². The van der Waals surface area contributed by atoms with Crippen molar-refractivity contribution in [2.45, 2.75) is 43.0 Å². The highest BCUT2D eigenvalue weighted by molar-refractivity contribution is 7.98. The maximum atomic E-state index is 4.90. The molecule has 4 rings (SSSR count). The first kappa shape index (κ1) is 15.6. The van der Waals surface area contributed by atoms with Gasteiger partial charge in [-0.1, -0.05) is 37.5 Å². The maximum Gasteiger partial charge on any atom is 0.139 e. The summed E-state index contributed by atoms with van der Waals surface area (Å²) in [5.41, 5.74) is 3.23. The minimum absolute atomic E-state index is 0.558. The minimum atomic E-state index is 0.558. The summed E-state index contributed by atoms with van der Waals surface area (Å²) in [5, 5.41) is 3.79. The third-order valence-corrected chi connectivity index (χ3v) is 5.58. The van der Waals surface area contributed by atoms with Crippen LogP contribution in [0.4, 0.5) is 5.82 Å². The van der Waals surface area contributed by atoms with Crippen molar-refractivity contribution < 1.29 is 0 Å². The second-order valence-electron chi connectivity index (χ2n) is 6.45. The van der Waals surface area contributed by atoms with Crippen LogP contribution in [0.5, 0.6) is 0 Å². The Morgan fingerprint density at radius 1 is 1.04 bits per heavy atom. The normalized spacial score (nSPS) is 15.7. The van der Waals surface area contributed by atoms with Gasteiger partial charge in [-0.15, -0.1) is 11.8 Å². The van der Waals surface area contributed by atoms with Crippen LogP contribution in [0.2, 0.25) is 0 Å². The van der Waals surface area contributed by atoms with Crippen molar-refractivity contribution in [3.05, 3.63) is 48.7 Å². The molecule has 3 nitrogen and oxygen atoms in total. The van der Waals surface area contributed by atoms with E-state index in [1.807, 2.05) is 6.07 Å². The van der Waals surface area contributed by atoms with Crippen LogP contribution in [0.3, 0.4) is 0 Å². The number of rotatable bonds is 4. The van der Waals surface area contributed by atoms with E-state index >= 15 is 0 Å². The topological polar surface area (TPSA) is 29.3 Å². The molecule has 1 aliphatic rings. The number of pyridine rings is 1. The summed E-state index contributed by atoms with van der Waals surface area (Å²) in [6.45, 7) is 0. The lowest BCUT2D eigenvalue weighted by Crippen LogP contribution is -2.23. The fourth-order valence-electron chi connectivity index (χ4n) is 3.52. The Morgan fingerprint density at radius 3 is 2.58 bits per heavy atom. The number of hydrogen-bond acceptors (Lipinski definition) is 3. The average Bonchev–Trinajstić information content (AvgIpc) is 3.01. The number of thioether (sulfide) groups is 1. The number of hydrogen-bond donors (Lipinski definition) is 1. The molecule has 124 valence electrons. The van der Waals surface area contributed by atoms with Gasteiger partial charge in [0.1, 0.15) is 17.2 Å². The van der Waals surface area contributed by atoms with E-state index < -0.39 is 0 Å². The van der Waals surface area contributed by atoms with Gasteiger partial charge in [0.2, 0.25) is 0 Å². The third kappa shape index (κ3) is 3.03. The first-order valence-corrected chi connectivity index (χ1v) is 9.95. The molecule has 1 fully saturated rings.